The molecule has 0 aliphatic carbocycles. The zero-order valence-electron chi connectivity index (χ0n) is 13.4. The fourth-order valence-corrected chi connectivity index (χ4v) is 3.43. The van der Waals surface area contributed by atoms with Crippen molar-refractivity contribution in [2.24, 2.45) is 5.92 Å². The van der Waals surface area contributed by atoms with E-state index >= 15 is 0 Å². The summed E-state index contributed by atoms with van der Waals surface area (Å²) in [6, 6.07) is 8.75. The summed E-state index contributed by atoms with van der Waals surface area (Å²) in [5.41, 5.74) is 1.20. The van der Waals surface area contributed by atoms with Gasteiger partial charge in [0.05, 0.1) is 15.7 Å². The number of benzene rings is 1. The number of nitrogens with zero attached hydrogens (tertiary/aromatic N) is 2. The van der Waals surface area contributed by atoms with Crippen LogP contribution in [0.25, 0.3) is 0 Å². The van der Waals surface area contributed by atoms with Gasteiger partial charge in [-0.05, 0) is 43.0 Å². The van der Waals surface area contributed by atoms with E-state index in [-0.39, 0.29) is 5.91 Å². The summed E-state index contributed by atoms with van der Waals surface area (Å²) in [6.07, 6.45) is 3.85. The first-order valence-corrected chi connectivity index (χ1v) is 8.76. The number of para-hydroxylation sites is 1. The summed E-state index contributed by atoms with van der Waals surface area (Å²) >= 11 is 12.3. The van der Waals surface area contributed by atoms with Gasteiger partial charge in [-0.3, -0.25) is 4.79 Å². The number of halogens is 2. The second kappa shape index (κ2) is 7.41. The van der Waals surface area contributed by atoms with Crippen molar-refractivity contribution < 1.29 is 4.79 Å². The van der Waals surface area contributed by atoms with Crippen molar-refractivity contribution in [3.05, 3.63) is 52.1 Å². The van der Waals surface area contributed by atoms with Crippen molar-refractivity contribution in [2.45, 2.75) is 19.8 Å². The van der Waals surface area contributed by atoms with Gasteiger partial charge in [0.1, 0.15) is 5.82 Å². The standard InChI is InChI=1S/C18H19Cl2N3O/c1-12-4-3-9-23(11-12)18(24)13-7-8-21-16(10-13)22-17-14(19)5-2-6-15(17)20/h2,5-8,10,12H,3-4,9,11H2,1H3,(H,21,22). The first-order chi connectivity index (χ1) is 11.5. The van der Waals surface area contributed by atoms with Crippen LogP contribution in [0.4, 0.5) is 11.5 Å². The van der Waals surface area contributed by atoms with Crippen molar-refractivity contribution in [1.82, 2.24) is 9.88 Å². The minimum atomic E-state index is 0.0391. The average Bonchev–Trinajstić information content (AvgIpc) is 2.58. The smallest absolute Gasteiger partial charge is 0.254 e. The van der Waals surface area contributed by atoms with Crippen LogP contribution in [-0.2, 0) is 0 Å². The summed E-state index contributed by atoms with van der Waals surface area (Å²) < 4.78 is 0. The minimum absolute atomic E-state index is 0.0391. The summed E-state index contributed by atoms with van der Waals surface area (Å²) in [4.78, 5) is 18.9. The van der Waals surface area contributed by atoms with Gasteiger partial charge >= 0.3 is 0 Å². The Balaban J connectivity index is 1.80. The van der Waals surface area contributed by atoms with Crippen molar-refractivity contribution in [2.75, 3.05) is 18.4 Å². The van der Waals surface area contributed by atoms with Crippen LogP contribution in [0.1, 0.15) is 30.1 Å². The van der Waals surface area contributed by atoms with E-state index < -0.39 is 0 Å². The maximum atomic E-state index is 12.7. The first-order valence-electron chi connectivity index (χ1n) is 8.01. The molecule has 3 rings (SSSR count). The lowest BCUT2D eigenvalue weighted by Crippen LogP contribution is -2.39. The van der Waals surface area contributed by atoms with Gasteiger partial charge in [0.15, 0.2) is 0 Å². The molecule has 1 saturated heterocycles. The molecular weight excluding hydrogens is 345 g/mol. The van der Waals surface area contributed by atoms with Crippen LogP contribution in [0, 0.1) is 5.92 Å². The molecule has 4 nitrogen and oxygen atoms in total. The van der Waals surface area contributed by atoms with E-state index in [1.165, 1.54) is 6.42 Å². The van der Waals surface area contributed by atoms with E-state index in [0.29, 0.717) is 33.0 Å². The molecule has 0 saturated carbocycles. The molecule has 1 N–H and O–H groups in total. The van der Waals surface area contributed by atoms with Crippen LogP contribution < -0.4 is 5.32 Å². The third-order valence-corrected chi connectivity index (χ3v) is 4.80. The summed E-state index contributed by atoms with van der Waals surface area (Å²) in [5.74, 6) is 1.13. The molecule has 1 aromatic carbocycles. The van der Waals surface area contributed by atoms with E-state index in [1.54, 1.807) is 36.5 Å². The molecule has 1 aromatic heterocycles. The van der Waals surface area contributed by atoms with Crippen molar-refractivity contribution in [1.29, 1.82) is 0 Å². The largest absolute Gasteiger partial charge is 0.338 e. The zero-order chi connectivity index (χ0) is 17.1. The second-order valence-corrected chi connectivity index (χ2v) is 6.96. The van der Waals surface area contributed by atoms with Crippen LogP contribution in [-0.4, -0.2) is 28.9 Å². The summed E-state index contributed by atoms with van der Waals surface area (Å²) in [7, 11) is 0. The number of rotatable bonds is 3. The van der Waals surface area contributed by atoms with Crippen LogP contribution in [0.2, 0.25) is 10.0 Å². The van der Waals surface area contributed by atoms with Gasteiger partial charge in [-0.2, -0.15) is 0 Å². The molecule has 2 heterocycles. The van der Waals surface area contributed by atoms with Crippen molar-refractivity contribution >= 4 is 40.6 Å². The van der Waals surface area contributed by atoms with Crippen molar-refractivity contribution in [3.8, 4) is 0 Å². The summed E-state index contributed by atoms with van der Waals surface area (Å²) in [5, 5.41) is 4.11. The molecule has 0 spiro atoms. The second-order valence-electron chi connectivity index (χ2n) is 6.15. The molecule has 1 unspecified atom stereocenters. The van der Waals surface area contributed by atoms with Crippen LogP contribution >= 0.6 is 23.2 Å². The lowest BCUT2D eigenvalue weighted by molar-refractivity contribution is 0.0683. The molecule has 24 heavy (non-hydrogen) atoms. The molecule has 0 bridgehead atoms. The Morgan fingerprint density at radius 3 is 2.75 bits per heavy atom. The third kappa shape index (κ3) is 3.82. The highest BCUT2D eigenvalue weighted by atomic mass is 35.5. The molecule has 1 amide bonds. The molecule has 1 fully saturated rings. The SMILES string of the molecule is CC1CCCN(C(=O)c2ccnc(Nc3c(Cl)cccc3Cl)c2)C1. The number of hydrogen-bond donors (Lipinski definition) is 1. The monoisotopic (exact) mass is 363 g/mol. The molecular formula is C18H19Cl2N3O. The lowest BCUT2D eigenvalue weighted by atomic mass is 9.99. The Labute approximate surface area is 151 Å². The van der Waals surface area contributed by atoms with E-state index in [1.807, 2.05) is 4.90 Å². The number of likely N-dealkylation sites (tertiary alicyclic amines) is 1. The topological polar surface area (TPSA) is 45.2 Å². The van der Waals surface area contributed by atoms with Crippen LogP contribution in [0.15, 0.2) is 36.5 Å². The minimum Gasteiger partial charge on any atom is -0.338 e. The van der Waals surface area contributed by atoms with Gasteiger partial charge in [0.2, 0.25) is 0 Å². The summed E-state index contributed by atoms with van der Waals surface area (Å²) in [6.45, 7) is 3.79. The number of aromatic nitrogens is 1. The zero-order valence-corrected chi connectivity index (χ0v) is 14.9. The molecule has 1 aliphatic rings. The van der Waals surface area contributed by atoms with E-state index in [2.05, 4.69) is 17.2 Å². The number of anilines is 2. The maximum Gasteiger partial charge on any atom is 0.254 e. The van der Waals surface area contributed by atoms with Crippen LogP contribution in [0.3, 0.4) is 0 Å². The van der Waals surface area contributed by atoms with Crippen molar-refractivity contribution in [3.63, 3.8) is 0 Å². The molecule has 126 valence electrons. The van der Waals surface area contributed by atoms with Gasteiger partial charge in [0, 0.05) is 24.8 Å². The number of hydrogen-bond acceptors (Lipinski definition) is 3. The Hall–Kier alpha value is -1.78. The first kappa shape index (κ1) is 17.1. The Morgan fingerprint density at radius 1 is 1.29 bits per heavy atom. The molecule has 0 radical (unpaired) electrons. The lowest BCUT2D eigenvalue weighted by Gasteiger charge is -2.31. The predicted octanol–water partition coefficient (Wildman–Crippen LogP) is 5.00. The fourth-order valence-electron chi connectivity index (χ4n) is 2.93. The Bertz CT molecular complexity index is 731. The number of piperidine rings is 1. The number of nitrogens with one attached hydrogen (secondary N) is 1. The normalized spacial score (nSPS) is 17.6. The number of carbonyl (C=O) groups excluding carboxylic acids is 1. The Morgan fingerprint density at radius 2 is 2.04 bits per heavy atom. The molecule has 2 aromatic rings. The third-order valence-electron chi connectivity index (χ3n) is 4.17. The number of carbonyl (C=O) groups is 1. The van der Waals surface area contributed by atoms with Gasteiger partial charge in [0.25, 0.3) is 5.91 Å². The van der Waals surface area contributed by atoms with E-state index in [0.717, 1.165) is 19.5 Å². The van der Waals surface area contributed by atoms with Crippen LogP contribution in [0.5, 0.6) is 0 Å². The van der Waals surface area contributed by atoms with Gasteiger partial charge < -0.3 is 10.2 Å². The predicted molar refractivity (Wildman–Crippen MR) is 98.3 cm³/mol. The maximum absolute atomic E-state index is 12.7. The van der Waals surface area contributed by atoms with E-state index in [9.17, 15) is 4.79 Å². The van der Waals surface area contributed by atoms with Gasteiger partial charge in [-0.1, -0.05) is 36.2 Å². The average molecular weight is 364 g/mol. The highest BCUT2D eigenvalue weighted by Gasteiger charge is 2.22. The fraction of sp³-hybridized carbons (Fsp3) is 0.333. The quantitative estimate of drug-likeness (QED) is 0.833. The van der Waals surface area contributed by atoms with Gasteiger partial charge in [-0.15, -0.1) is 0 Å². The number of amides is 1. The number of pyridine rings is 1. The molecule has 1 aliphatic heterocycles. The molecule has 6 heteroatoms. The highest BCUT2D eigenvalue weighted by molar-refractivity contribution is 6.39. The molecule has 1 atom stereocenters. The Kier molecular flexibility index (Phi) is 5.27. The highest BCUT2D eigenvalue weighted by Crippen LogP contribution is 2.32. The van der Waals surface area contributed by atoms with Gasteiger partial charge in [-0.25, -0.2) is 4.98 Å². The van der Waals surface area contributed by atoms with E-state index in [4.69, 9.17) is 23.2 Å².